The summed E-state index contributed by atoms with van der Waals surface area (Å²) in [5.41, 5.74) is 6.59. The average Bonchev–Trinajstić information content (AvgIpc) is 2.38. The van der Waals surface area contributed by atoms with Crippen LogP contribution in [0.2, 0.25) is 0 Å². The fraction of sp³-hybridized carbons (Fsp3) is 0.571. The van der Waals surface area contributed by atoms with Crippen molar-refractivity contribution in [1.29, 1.82) is 0 Å². The van der Waals surface area contributed by atoms with Gasteiger partial charge < -0.3 is 5.73 Å². The second-order valence-electron chi connectivity index (χ2n) is 5.47. The van der Waals surface area contributed by atoms with Gasteiger partial charge in [-0.3, -0.25) is 0 Å². The Morgan fingerprint density at radius 3 is 2.62 bits per heavy atom. The van der Waals surface area contributed by atoms with Crippen molar-refractivity contribution in [1.82, 2.24) is 4.31 Å². The summed E-state index contributed by atoms with van der Waals surface area (Å²) in [6.45, 7) is 3.93. The Morgan fingerprint density at radius 2 is 2.05 bits per heavy atom. The topological polar surface area (TPSA) is 63.4 Å². The van der Waals surface area contributed by atoms with E-state index in [0.717, 1.165) is 19.3 Å². The van der Waals surface area contributed by atoms with Crippen LogP contribution < -0.4 is 5.73 Å². The molecule has 0 spiro atoms. The van der Waals surface area contributed by atoms with Crippen molar-refractivity contribution >= 4 is 22.4 Å². The second kappa shape index (κ2) is 7.05. The molecule has 1 saturated heterocycles. The number of nitrogens with two attached hydrogens (primary N) is 1. The fourth-order valence-electron chi connectivity index (χ4n) is 2.70. The van der Waals surface area contributed by atoms with Crippen LogP contribution in [-0.4, -0.2) is 31.4 Å². The first-order valence-electron chi connectivity index (χ1n) is 6.87. The molecule has 0 radical (unpaired) electrons. The molecule has 4 nitrogen and oxygen atoms in total. The molecule has 0 aromatic heterocycles. The second-order valence-corrected chi connectivity index (χ2v) is 7.33. The number of sulfonamides is 1. The van der Waals surface area contributed by atoms with Gasteiger partial charge in [-0.25, -0.2) is 12.8 Å². The third-order valence-corrected chi connectivity index (χ3v) is 5.74. The molecular formula is C14H22ClFN2O2S. The Hall–Kier alpha value is -0.690. The van der Waals surface area contributed by atoms with E-state index in [1.54, 1.807) is 19.9 Å². The van der Waals surface area contributed by atoms with Crippen molar-refractivity contribution in [3.63, 3.8) is 0 Å². The Balaban J connectivity index is 0.00000220. The zero-order valence-electron chi connectivity index (χ0n) is 12.3. The summed E-state index contributed by atoms with van der Waals surface area (Å²) in [4.78, 5) is -0.254. The van der Waals surface area contributed by atoms with E-state index in [1.165, 1.54) is 16.4 Å². The van der Waals surface area contributed by atoms with Crippen LogP contribution in [0.5, 0.6) is 0 Å². The molecule has 0 aliphatic carbocycles. The summed E-state index contributed by atoms with van der Waals surface area (Å²) in [5, 5.41) is 0. The summed E-state index contributed by atoms with van der Waals surface area (Å²) in [5.74, 6) is -0.695. The molecule has 0 bridgehead atoms. The monoisotopic (exact) mass is 336 g/mol. The number of benzene rings is 1. The highest BCUT2D eigenvalue weighted by Gasteiger charge is 2.36. The van der Waals surface area contributed by atoms with Crippen molar-refractivity contribution in [3.8, 4) is 0 Å². The number of rotatable bonds is 3. The molecule has 1 fully saturated rings. The van der Waals surface area contributed by atoms with Gasteiger partial charge in [0.1, 0.15) is 10.7 Å². The highest BCUT2D eigenvalue weighted by atomic mass is 35.5. The number of halogens is 2. The van der Waals surface area contributed by atoms with Crippen LogP contribution in [-0.2, 0) is 10.0 Å². The van der Waals surface area contributed by atoms with Gasteiger partial charge in [0.2, 0.25) is 10.0 Å². The molecule has 1 aromatic carbocycles. The largest absolute Gasteiger partial charge is 0.326 e. The molecule has 0 saturated carbocycles. The maximum atomic E-state index is 14.0. The van der Waals surface area contributed by atoms with Gasteiger partial charge in [0.25, 0.3) is 0 Å². The zero-order valence-corrected chi connectivity index (χ0v) is 13.9. The quantitative estimate of drug-likeness (QED) is 0.922. The van der Waals surface area contributed by atoms with E-state index >= 15 is 0 Å². The molecule has 2 N–H and O–H groups in total. The molecule has 2 unspecified atom stereocenters. The number of nitrogens with zero attached hydrogens (tertiary/aromatic N) is 1. The first kappa shape index (κ1) is 18.4. The maximum Gasteiger partial charge on any atom is 0.246 e. The van der Waals surface area contributed by atoms with E-state index in [2.05, 4.69) is 0 Å². The fourth-order valence-corrected chi connectivity index (χ4v) is 4.52. The lowest BCUT2D eigenvalue weighted by atomic mass is 10.00. The lowest BCUT2D eigenvalue weighted by Crippen LogP contribution is -2.51. The minimum atomic E-state index is -3.83. The minimum Gasteiger partial charge on any atom is -0.326 e. The van der Waals surface area contributed by atoms with Gasteiger partial charge in [-0.15, -0.1) is 12.4 Å². The van der Waals surface area contributed by atoms with Crippen molar-refractivity contribution in [2.24, 2.45) is 5.73 Å². The van der Waals surface area contributed by atoms with Crippen LogP contribution in [0.25, 0.3) is 0 Å². The molecule has 1 aliphatic rings. The van der Waals surface area contributed by atoms with E-state index in [0.29, 0.717) is 12.1 Å². The average molecular weight is 337 g/mol. The van der Waals surface area contributed by atoms with Gasteiger partial charge in [0, 0.05) is 18.6 Å². The van der Waals surface area contributed by atoms with Crippen molar-refractivity contribution < 1.29 is 12.8 Å². The number of hydrogen-bond acceptors (Lipinski definition) is 3. The first-order chi connectivity index (χ1) is 9.34. The highest BCUT2D eigenvalue weighted by Crippen LogP contribution is 2.28. The van der Waals surface area contributed by atoms with Gasteiger partial charge in [-0.05, 0) is 44.4 Å². The molecule has 0 amide bonds. The summed E-state index contributed by atoms with van der Waals surface area (Å²) < 4.78 is 40.7. The number of piperidine rings is 1. The highest BCUT2D eigenvalue weighted by molar-refractivity contribution is 7.89. The standard InChI is InChI=1S/C14H21FN2O2S.ClH/c1-10-6-7-14(12(15)9-10)20(18,19)17-8-4-3-5-13(17)11(2)16;/h6-7,9,11,13H,3-5,8,16H2,1-2H3;1H. The normalized spacial score (nSPS) is 21.6. The van der Waals surface area contributed by atoms with Gasteiger partial charge in [0.15, 0.2) is 0 Å². The number of hydrogen-bond donors (Lipinski definition) is 1. The van der Waals surface area contributed by atoms with E-state index in [4.69, 9.17) is 5.73 Å². The lowest BCUT2D eigenvalue weighted by molar-refractivity contribution is 0.226. The van der Waals surface area contributed by atoms with Gasteiger partial charge in [0.05, 0.1) is 0 Å². The Morgan fingerprint density at radius 1 is 1.38 bits per heavy atom. The van der Waals surface area contributed by atoms with Crippen LogP contribution in [0.15, 0.2) is 23.1 Å². The lowest BCUT2D eigenvalue weighted by Gasteiger charge is -2.36. The summed E-state index contributed by atoms with van der Waals surface area (Å²) in [6.07, 6.45) is 2.47. The van der Waals surface area contributed by atoms with Crippen molar-refractivity contribution in [3.05, 3.63) is 29.6 Å². The predicted molar refractivity (Wildman–Crippen MR) is 83.6 cm³/mol. The van der Waals surface area contributed by atoms with Crippen LogP contribution in [0.1, 0.15) is 31.7 Å². The maximum absolute atomic E-state index is 14.0. The minimum absolute atomic E-state index is 0. The molecule has 21 heavy (non-hydrogen) atoms. The summed E-state index contributed by atoms with van der Waals surface area (Å²) in [7, 11) is -3.83. The Labute approximate surface area is 132 Å². The van der Waals surface area contributed by atoms with Crippen molar-refractivity contribution in [2.75, 3.05) is 6.54 Å². The molecule has 2 atom stereocenters. The molecule has 7 heteroatoms. The van der Waals surface area contributed by atoms with E-state index < -0.39 is 15.8 Å². The van der Waals surface area contributed by atoms with Gasteiger partial charge in [-0.1, -0.05) is 12.5 Å². The molecule has 120 valence electrons. The molecule has 1 aliphatic heterocycles. The summed E-state index contributed by atoms with van der Waals surface area (Å²) in [6, 6.07) is 3.68. The third-order valence-electron chi connectivity index (χ3n) is 3.78. The van der Waals surface area contributed by atoms with E-state index in [9.17, 15) is 12.8 Å². The van der Waals surface area contributed by atoms with Crippen molar-refractivity contribution in [2.45, 2.75) is 50.1 Å². The smallest absolute Gasteiger partial charge is 0.246 e. The molecule has 1 heterocycles. The van der Waals surface area contributed by atoms with E-state index in [-0.39, 0.29) is 29.4 Å². The summed E-state index contributed by atoms with van der Waals surface area (Å²) >= 11 is 0. The first-order valence-corrected chi connectivity index (χ1v) is 8.31. The van der Waals surface area contributed by atoms with Crippen LogP contribution in [0.3, 0.4) is 0 Å². The SMILES string of the molecule is Cc1ccc(S(=O)(=O)N2CCCCC2C(C)N)c(F)c1.Cl. The Kier molecular flexibility index (Phi) is 6.16. The molecular weight excluding hydrogens is 315 g/mol. The van der Waals surface area contributed by atoms with Gasteiger partial charge >= 0.3 is 0 Å². The van der Waals surface area contributed by atoms with Crippen LogP contribution in [0, 0.1) is 12.7 Å². The van der Waals surface area contributed by atoms with Crippen LogP contribution in [0.4, 0.5) is 4.39 Å². The van der Waals surface area contributed by atoms with E-state index in [1.807, 2.05) is 0 Å². The van der Waals surface area contributed by atoms with Crippen LogP contribution >= 0.6 is 12.4 Å². The van der Waals surface area contributed by atoms with Gasteiger partial charge in [-0.2, -0.15) is 4.31 Å². The predicted octanol–water partition coefficient (Wildman–Crippen LogP) is 2.45. The zero-order chi connectivity index (χ0) is 14.9. The number of aryl methyl sites for hydroxylation is 1. The molecule has 2 rings (SSSR count). The third kappa shape index (κ3) is 3.74. The molecule has 1 aromatic rings. The Bertz CT molecular complexity index is 593.